The maximum Gasteiger partial charge on any atom is 0.312 e. The Hall–Kier alpha value is -1.32. The first-order valence-corrected chi connectivity index (χ1v) is 9.00. The van der Waals surface area contributed by atoms with Crippen molar-refractivity contribution in [3.05, 3.63) is 28.8 Å². The molecule has 0 bridgehead atoms. The molecule has 1 fully saturated rings. The summed E-state index contributed by atoms with van der Waals surface area (Å²) >= 11 is 0. The van der Waals surface area contributed by atoms with Crippen molar-refractivity contribution in [3.8, 4) is 0 Å². The Balaban J connectivity index is 2.14. The van der Waals surface area contributed by atoms with E-state index >= 15 is 0 Å². The topological polar surface area (TPSA) is 77.8 Å². The van der Waals surface area contributed by atoms with Crippen LogP contribution in [0.4, 0.5) is 18.9 Å². The van der Waals surface area contributed by atoms with Gasteiger partial charge in [-0.2, -0.15) is 8.78 Å². The summed E-state index contributed by atoms with van der Waals surface area (Å²) in [6, 6.07) is 2.73. The average Bonchev–Trinajstić information content (AvgIpc) is 2.69. The molecule has 0 radical (unpaired) electrons. The van der Waals surface area contributed by atoms with Gasteiger partial charge in [-0.1, -0.05) is 6.07 Å². The van der Waals surface area contributed by atoms with Gasteiger partial charge >= 0.3 is 5.92 Å². The fourth-order valence-electron chi connectivity index (χ4n) is 3.51. The van der Waals surface area contributed by atoms with E-state index in [0.29, 0.717) is 19.4 Å². The molecule has 9 heteroatoms. The van der Waals surface area contributed by atoms with Crippen molar-refractivity contribution >= 4 is 16.4 Å². The van der Waals surface area contributed by atoms with E-state index in [1.165, 1.54) is 12.1 Å². The fourth-order valence-corrected chi connectivity index (χ4v) is 4.06. The van der Waals surface area contributed by atoms with Gasteiger partial charge in [0.05, 0.1) is 11.9 Å². The third-order valence-electron chi connectivity index (χ3n) is 4.62. The monoisotopic (exact) mass is 365 g/mol. The summed E-state index contributed by atoms with van der Waals surface area (Å²) in [4.78, 5) is 1.61. The third-order valence-corrected chi connectivity index (χ3v) is 5.22. The molecule has 1 saturated heterocycles. The van der Waals surface area contributed by atoms with E-state index in [2.05, 4.69) is 0 Å². The lowest BCUT2D eigenvalue weighted by atomic mass is 9.98. The zero-order valence-corrected chi connectivity index (χ0v) is 13.6. The van der Waals surface area contributed by atoms with Gasteiger partial charge < -0.3 is 15.1 Å². The molecule has 0 amide bonds. The maximum atomic E-state index is 14.4. The molecule has 1 aromatic carbocycles. The predicted octanol–water partition coefficient (Wildman–Crippen LogP) is 1.45. The van der Waals surface area contributed by atoms with Crippen molar-refractivity contribution in [2.45, 2.75) is 42.9 Å². The minimum atomic E-state index is -4.02. The van der Waals surface area contributed by atoms with Crippen molar-refractivity contribution < 1.29 is 31.8 Å². The van der Waals surface area contributed by atoms with Crippen molar-refractivity contribution in [3.63, 3.8) is 0 Å². The zero-order chi connectivity index (χ0) is 17.6. The third kappa shape index (κ3) is 2.78. The molecule has 3 rings (SSSR count). The molecule has 2 N–H and O–H groups in total. The molecule has 24 heavy (non-hydrogen) atoms. The van der Waals surface area contributed by atoms with Gasteiger partial charge in [0.25, 0.3) is 0 Å². The SMILES string of the molecule is O=[SH](=O)Cc1ccc(N2CCC[C@H](O)C2)c2c1[C@H](O)C(F)(F)[C@@H]2F. The molecule has 0 spiro atoms. The molecule has 0 unspecified atom stereocenters. The Labute approximate surface area is 138 Å². The van der Waals surface area contributed by atoms with E-state index in [-0.39, 0.29) is 28.9 Å². The highest BCUT2D eigenvalue weighted by Gasteiger charge is 2.58. The Morgan fingerprint density at radius 1 is 1.25 bits per heavy atom. The minimum Gasteiger partial charge on any atom is -0.391 e. The van der Waals surface area contributed by atoms with E-state index in [1.807, 2.05) is 0 Å². The Morgan fingerprint density at radius 3 is 2.58 bits per heavy atom. The molecule has 1 aromatic rings. The Morgan fingerprint density at radius 2 is 1.96 bits per heavy atom. The Bertz CT molecular complexity index is 717. The van der Waals surface area contributed by atoms with Crippen LogP contribution >= 0.6 is 0 Å². The smallest absolute Gasteiger partial charge is 0.312 e. The highest BCUT2D eigenvalue weighted by Crippen LogP contribution is 2.56. The number of piperidine rings is 1. The second kappa shape index (κ2) is 6.20. The van der Waals surface area contributed by atoms with Gasteiger partial charge in [-0.15, -0.1) is 0 Å². The normalized spacial score (nSPS) is 29.1. The summed E-state index contributed by atoms with van der Waals surface area (Å²) in [6.45, 7) is 0.642. The number of alkyl halides is 3. The molecule has 0 aromatic heterocycles. The lowest BCUT2D eigenvalue weighted by molar-refractivity contribution is -0.143. The minimum absolute atomic E-state index is 0.0188. The number of hydrogen-bond acceptors (Lipinski definition) is 5. The summed E-state index contributed by atoms with van der Waals surface area (Å²) in [5.41, 5.74) is -0.549. The first-order chi connectivity index (χ1) is 11.2. The number of aliphatic hydroxyl groups is 2. The molecular formula is C15H18F3NO4S. The second-order valence-electron chi connectivity index (χ2n) is 6.24. The molecule has 1 aliphatic heterocycles. The van der Waals surface area contributed by atoms with Gasteiger partial charge in [-0.3, -0.25) is 0 Å². The molecule has 1 aliphatic carbocycles. The van der Waals surface area contributed by atoms with Crippen molar-refractivity contribution in [1.82, 2.24) is 0 Å². The molecule has 0 saturated carbocycles. The highest BCUT2D eigenvalue weighted by molar-refractivity contribution is 7.71. The van der Waals surface area contributed by atoms with Crippen molar-refractivity contribution in [1.29, 1.82) is 0 Å². The molecule has 2 aliphatic rings. The Kier molecular flexibility index (Phi) is 4.52. The fraction of sp³-hybridized carbons (Fsp3) is 0.600. The highest BCUT2D eigenvalue weighted by atomic mass is 32.2. The number of nitrogens with zero attached hydrogens (tertiary/aromatic N) is 1. The summed E-state index contributed by atoms with van der Waals surface area (Å²) in [6.07, 6.45) is -4.55. The number of thiol groups is 1. The van der Waals surface area contributed by atoms with Crippen LogP contribution in [0.3, 0.4) is 0 Å². The van der Waals surface area contributed by atoms with E-state index in [0.717, 1.165) is 0 Å². The number of benzene rings is 1. The van der Waals surface area contributed by atoms with Gasteiger partial charge in [-0.25, -0.2) is 12.8 Å². The van der Waals surface area contributed by atoms with Crippen LogP contribution in [0.5, 0.6) is 0 Å². The predicted molar refractivity (Wildman–Crippen MR) is 81.7 cm³/mol. The molecule has 1 heterocycles. The van der Waals surface area contributed by atoms with Gasteiger partial charge in [-0.05, 0) is 30.0 Å². The standard InChI is InChI=1S/C15H18F3NO4S/c16-13-12-10(19-5-1-2-9(20)6-19)4-3-8(7-24(22)23)11(12)14(21)15(13,17)18/h3-4,9,13-14,20-21,24H,1-2,5-7H2/t9-,13+,14-/m0/s1. The van der Waals surface area contributed by atoms with Crippen LogP contribution in [-0.4, -0.2) is 43.7 Å². The molecular weight excluding hydrogens is 347 g/mol. The molecule has 3 atom stereocenters. The molecule has 5 nitrogen and oxygen atoms in total. The second-order valence-corrected chi connectivity index (χ2v) is 7.23. The number of anilines is 1. The van der Waals surface area contributed by atoms with E-state index in [4.69, 9.17) is 0 Å². The van der Waals surface area contributed by atoms with Crippen LogP contribution in [0, 0.1) is 0 Å². The number of β-amino-alcohol motifs (C(OH)–C–C–N with tert-alkyl or cyclic N) is 1. The van der Waals surface area contributed by atoms with Crippen LogP contribution < -0.4 is 4.90 Å². The number of aliphatic hydroxyl groups excluding tert-OH is 2. The molecule has 134 valence electrons. The first kappa shape index (κ1) is 17.5. The van der Waals surface area contributed by atoms with Gasteiger partial charge in [0.2, 0.25) is 0 Å². The van der Waals surface area contributed by atoms with Crippen LogP contribution in [0.15, 0.2) is 12.1 Å². The number of halogens is 3. The van der Waals surface area contributed by atoms with Crippen molar-refractivity contribution in [2.24, 2.45) is 0 Å². The lowest BCUT2D eigenvalue weighted by Gasteiger charge is -2.34. The number of rotatable bonds is 3. The summed E-state index contributed by atoms with van der Waals surface area (Å²) in [5, 5.41) is 19.7. The zero-order valence-electron chi connectivity index (χ0n) is 12.7. The first-order valence-electron chi connectivity index (χ1n) is 7.64. The lowest BCUT2D eigenvalue weighted by Crippen LogP contribution is -2.39. The quantitative estimate of drug-likeness (QED) is 0.707. The maximum absolute atomic E-state index is 14.4. The van der Waals surface area contributed by atoms with E-state index in [9.17, 15) is 31.8 Å². The van der Waals surface area contributed by atoms with E-state index in [1.54, 1.807) is 4.90 Å². The number of hydrogen-bond donors (Lipinski definition) is 3. The number of fused-ring (bicyclic) bond motifs is 1. The van der Waals surface area contributed by atoms with Gasteiger partial charge in [0.1, 0.15) is 16.8 Å². The van der Waals surface area contributed by atoms with E-state index < -0.39 is 40.8 Å². The van der Waals surface area contributed by atoms with Crippen LogP contribution in [0.2, 0.25) is 0 Å². The van der Waals surface area contributed by atoms with Gasteiger partial charge in [0, 0.05) is 24.3 Å². The van der Waals surface area contributed by atoms with Crippen LogP contribution in [-0.2, 0) is 16.5 Å². The summed E-state index contributed by atoms with van der Waals surface area (Å²) in [5.74, 6) is -4.56. The average molecular weight is 365 g/mol. The summed E-state index contributed by atoms with van der Waals surface area (Å²) < 4.78 is 64.4. The van der Waals surface area contributed by atoms with Crippen molar-refractivity contribution in [2.75, 3.05) is 18.0 Å². The summed E-state index contributed by atoms with van der Waals surface area (Å²) in [7, 11) is -2.91. The van der Waals surface area contributed by atoms with Crippen LogP contribution in [0.1, 0.15) is 41.8 Å². The van der Waals surface area contributed by atoms with Gasteiger partial charge in [0.15, 0.2) is 6.17 Å². The van der Waals surface area contributed by atoms with Crippen LogP contribution in [0.25, 0.3) is 0 Å². The largest absolute Gasteiger partial charge is 0.391 e.